The maximum absolute atomic E-state index is 13.0. The molecule has 0 spiro atoms. The summed E-state index contributed by atoms with van der Waals surface area (Å²) in [4.78, 5) is 36.2. The maximum atomic E-state index is 13.0. The number of ether oxygens (including phenoxy) is 1. The molecule has 2 aromatic heterocycles. The molecule has 10 nitrogen and oxygen atoms in total. The van der Waals surface area contributed by atoms with Crippen molar-refractivity contribution in [2.45, 2.75) is 44.8 Å². The number of halogens is 2. The Kier molecular flexibility index (Phi) is 8.74. The Hall–Kier alpha value is -3.54. The van der Waals surface area contributed by atoms with Crippen molar-refractivity contribution in [2.75, 3.05) is 31.5 Å². The molecule has 2 amide bonds. The molecule has 4 heterocycles. The number of aliphatic carboxylic acids is 1. The van der Waals surface area contributed by atoms with Gasteiger partial charge in [-0.1, -0.05) is 12.1 Å². The van der Waals surface area contributed by atoms with E-state index in [1.807, 2.05) is 6.07 Å². The van der Waals surface area contributed by atoms with Crippen molar-refractivity contribution in [3.63, 3.8) is 0 Å². The van der Waals surface area contributed by atoms with Gasteiger partial charge in [-0.2, -0.15) is 8.78 Å². The molecule has 4 N–H and O–H groups in total. The van der Waals surface area contributed by atoms with Crippen LogP contribution in [0.1, 0.15) is 42.1 Å². The number of hydrogen-bond acceptors (Lipinski definition) is 6. The lowest BCUT2D eigenvalue weighted by molar-refractivity contribution is -0.138. The largest absolute Gasteiger partial charge is 0.481 e. The fraction of sp³-hybridized carbons (Fsp3) is 0.478. The van der Waals surface area contributed by atoms with E-state index in [0.717, 1.165) is 43.7 Å². The van der Waals surface area contributed by atoms with Crippen LogP contribution >= 0.6 is 0 Å². The highest BCUT2D eigenvalue weighted by Gasteiger charge is 2.35. The third-order valence-corrected chi connectivity index (χ3v) is 6.04. The monoisotopic (exact) mass is 493 g/mol. The summed E-state index contributed by atoms with van der Waals surface area (Å²) < 4.78 is 29.0. The number of carbonyl (C=O) groups is 2. The summed E-state index contributed by atoms with van der Waals surface area (Å²) in [5, 5.41) is 12.7. The van der Waals surface area contributed by atoms with Crippen LogP contribution in [-0.2, 0) is 17.6 Å². The third-order valence-electron chi connectivity index (χ3n) is 6.04. The van der Waals surface area contributed by atoms with E-state index < -0.39 is 18.6 Å². The Morgan fingerprint density at radius 3 is 2.77 bits per heavy atom. The average molecular weight is 494 g/mol. The first-order chi connectivity index (χ1) is 16.4. The van der Waals surface area contributed by atoms with Crippen molar-refractivity contribution < 1.29 is 33.7 Å². The Bertz CT molecular complexity index is 1020. The van der Waals surface area contributed by atoms with Crippen molar-refractivity contribution >= 4 is 17.8 Å². The second-order valence-corrected chi connectivity index (χ2v) is 8.33. The molecule has 2 aliphatic heterocycles. The van der Waals surface area contributed by atoms with E-state index >= 15 is 0 Å². The second-order valence-electron chi connectivity index (χ2n) is 8.33. The number of anilines is 1. The van der Waals surface area contributed by atoms with Gasteiger partial charge in [-0.3, -0.25) is 4.79 Å². The standard InChI is InChI=1S/C23H27F2N5O4.H2O/c24-22(25)34-19-8-6-16(14-27-19)18(13-20(31)32)30-12-11-29(23(30)33)10-2-4-17-7-5-15-3-1-9-26-21(15)28-17;/h5-8,14,18,22H,1-4,9-13H2,(H,26,28)(H,31,32);1H2. The van der Waals surface area contributed by atoms with Crippen LogP contribution in [0, 0.1) is 0 Å². The van der Waals surface area contributed by atoms with Crippen molar-refractivity contribution in [3.8, 4) is 5.88 Å². The number of carboxylic acid groups (broad SMARTS) is 1. The van der Waals surface area contributed by atoms with Gasteiger partial charge in [-0.05, 0) is 42.9 Å². The minimum Gasteiger partial charge on any atom is -0.481 e. The van der Waals surface area contributed by atoms with Crippen LogP contribution in [0.3, 0.4) is 0 Å². The molecule has 1 atom stereocenters. The summed E-state index contributed by atoms with van der Waals surface area (Å²) in [5.41, 5.74) is 2.65. The van der Waals surface area contributed by atoms with E-state index in [4.69, 9.17) is 0 Å². The van der Waals surface area contributed by atoms with Gasteiger partial charge in [0.15, 0.2) is 0 Å². The molecule has 1 saturated heterocycles. The molecule has 1 fully saturated rings. The predicted molar refractivity (Wildman–Crippen MR) is 123 cm³/mol. The van der Waals surface area contributed by atoms with Gasteiger partial charge in [0.2, 0.25) is 5.88 Å². The van der Waals surface area contributed by atoms with Gasteiger partial charge in [0.1, 0.15) is 5.82 Å². The molecule has 190 valence electrons. The number of aromatic nitrogens is 2. The molecule has 2 aliphatic rings. The normalized spacial score (nSPS) is 15.9. The van der Waals surface area contributed by atoms with E-state index in [9.17, 15) is 23.5 Å². The first-order valence-electron chi connectivity index (χ1n) is 11.3. The molecule has 12 heteroatoms. The minimum atomic E-state index is -3.00. The van der Waals surface area contributed by atoms with Gasteiger partial charge in [0, 0.05) is 44.1 Å². The lowest BCUT2D eigenvalue weighted by Crippen LogP contribution is -2.36. The van der Waals surface area contributed by atoms with Crippen LogP contribution in [-0.4, -0.2) is 75.1 Å². The fourth-order valence-electron chi connectivity index (χ4n) is 4.38. The first kappa shape index (κ1) is 26.1. The molecular weight excluding hydrogens is 464 g/mol. The Balaban J connectivity index is 0.00000342. The smallest absolute Gasteiger partial charge is 0.388 e. The molecule has 4 rings (SSSR count). The van der Waals surface area contributed by atoms with E-state index in [2.05, 4.69) is 26.1 Å². The molecule has 0 aliphatic carbocycles. The number of fused-ring (bicyclic) bond motifs is 1. The third kappa shape index (κ3) is 6.53. The number of nitrogens with zero attached hydrogens (tertiary/aromatic N) is 4. The summed E-state index contributed by atoms with van der Waals surface area (Å²) in [6.07, 6.45) is 4.55. The van der Waals surface area contributed by atoms with Gasteiger partial charge in [0.25, 0.3) is 0 Å². The first-order valence-corrected chi connectivity index (χ1v) is 11.3. The summed E-state index contributed by atoms with van der Waals surface area (Å²) in [6.45, 7) is -0.701. The van der Waals surface area contributed by atoms with Gasteiger partial charge in [-0.25, -0.2) is 14.8 Å². The van der Waals surface area contributed by atoms with Gasteiger partial charge >= 0.3 is 18.6 Å². The summed E-state index contributed by atoms with van der Waals surface area (Å²) in [7, 11) is 0. The Morgan fingerprint density at radius 1 is 1.23 bits per heavy atom. The molecule has 0 bridgehead atoms. The zero-order chi connectivity index (χ0) is 24.1. The highest BCUT2D eigenvalue weighted by atomic mass is 19.3. The van der Waals surface area contributed by atoms with E-state index in [0.29, 0.717) is 25.2 Å². The zero-order valence-electron chi connectivity index (χ0n) is 19.1. The number of pyridine rings is 2. The fourth-order valence-corrected chi connectivity index (χ4v) is 4.38. The number of rotatable bonds is 10. The number of aryl methyl sites for hydroxylation is 2. The van der Waals surface area contributed by atoms with Crippen molar-refractivity contribution in [2.24, 2.45) is 0 Å². The molecule has 0 aromatic carbocycles. The number of nitrogens with one attached hydrogen (secondary N) is 1. The highest BCUT2D eigenvalue weighted by molar-refractivity contribution is 5.78. The topological polar surface area (TPSA) is 139 Å². The van der Waals surface area contributed by atoms with Gasteiger partial charge in [-0.15, -0.1) is 0 Å². The van der Waals surface area contributed by atoms with E-state index in [1.165, 1.54) is 28.8 Å². The summed E-state index contributed by atoms with van der Waals surface area (Å²) >= 11 is 0. The number of urea groups is 1. The maximum Gasteiger partial charge on any atom is 0.388 e. The van der Waals surface area contributed by atoms with Gasteiger partial charge < -0.3 is 30.4 Å². The van der Waals surface area contributed by atoms with Crippen LogP contribution in [0.15, 0.2) is 30.5 Å². The summed E-state index contributed by atoms with van der Waals surface area (Å²) in [6, 6.07) is 5.84. The Labute approximate surface area is 201 Å². The van der Waals surface area contributed by atoms with Gasteiger partial charge in [0.05, 0.1) is 12.5 Å². The SMILES string of the molecule is O.O=C(O)CC(c1ccc(OC(F)F)nc1)N1CCN(CCCc2ccc3c(n2)NCCC3)C1=O. The molecule has 2 aromatic rings. The quantitative estimate of drug-likeness (QED) is 0.518. The number of carbonyl (C=O) groups excluding carboxylic acids is 1. The number of hydrogen-bond donors (Lipinski definition) is 2. The zero-order valence-corrected chi connectivity index (χ0v) is 19.1. The van der Waals surface area contributed by atoms with Crippen LogP contribution in [0.5, 0.6) is 5.88 Å². The lowest BCUT2D eigenvalue weighted by atomic mass is 10.0. The predicted octanol–water partition coefficient (Wildman–Crippen LogP) is 2.50. The second kappa shape index (κ2) is 11.7. The Morgan fingerprint density at radius 2 is 2.06 bits per heavy atom. The van der Waals surface area contributed by atoms with Crippen LogP contribution < -0.4 is 10.1 Å². The molecule has 35 heavy (non-hydrogen) atoms. The van der Waals surface area contributed by atoms with E-state index in [1.54, 1.807) is 4.90 Å². The molecule has 1 unspecified atom stereocenters. The van der Waals surface area contributed by atoms with Crippen molar-refractivity contribution in [1.82, 2.24) is 19.8 Å². The molecule has 0 saturated carbocycles. The number of carboxylic acids is 1. The summed E-state index contributed by atoms with van der Waals surface area (Å²) in [5.74, 6) is -0.397. The van der Waals surface area contributed by atoms with E-state index in [-0.39, 0.29) is 23.8 Å². The van der Waals surface area contributed by atoms with Crippen molar-refractivity contribution in [3.05, 3.63) is 47.3 Å². The highest BCUT2D eigenvalue weighted by Crippen LogP contribution is 2.29. The van der Waals surface area contributed by atoms with Crippen LogP contribution in [0.2, 0.25) is 0 Å². The lowest BCUT2D eigenvalue weighted by Gasteiger charge is -2.27. The average Bonchev–Trinajstić information content (AvgIpc) is 3.17. The van der Waals surface area contributed by atoms with Crippen LogP contribution in [0.25, 0.3) is 0 Å². The minimum absolute atomic E-state index is 0. The number of alkyl halides is 2. The molecule has 0 radical (unpaired) electrons. The number of amides is 2. The molecular formula is C23H29F2N5O5. The van der Waals surface area contributed by atoms with Crippen LogP contribution in [0.4, 0.5) is 19.4 Å². The van der Waals surface area contributed by atoms with Crippen molar-refractivity contribution in [1.29, 1.82) is 0 Å².